The van der Waals surface area contributed by atoms with Crippen molar-refractivity contribution in [2.24, 2.45) is 0 Å². The summed E-state index contributed by atoms with van der Waals surface area (Å²) in [4.78, 5) is 16.8. The van der Waals surface area contributed by atoms with Gasteiger partial charge in [-0.2, -0.15) is 0 Å². The van der Waals surface area contributed by atoms with Gasteiger partial charge >= 0.3 is 18.2 Å². The number of benzene rings is 3. The van der Waals surface area contributed by atoms with E-state index in [1.165, 1.54) is 41.6 Å². The minimum Gasteiger partial charge on any atom is -0.490 e. The smallest absolute Gasteiger partial charge is 0.490 e. The summed E-state index contributed by atoms with van der Waals surface area (Å²) >= 11 is 0. The van der Waals surface area contributed by atoms with Gasteiger partial charge in [-0.3, -0.25) is 9.47 Å². The Labute approximate surface area is 250 Å². The van der Waals surface area contributed by atoms with E-state index in [9.17, 15) is 23.3 Å². The van der Waals surface area contributed by atoms with E-state index >= 15 is 0 Å². The third-order valence-electron chi connectivity index (χ3n) is 7.48. The molecule has 2 aliphatic heterocycles. The highest BCUT2D eigenvalue weighted by atomic mass is 19.4. The average Bonchev–Trinajstić information content (AvgIpc) is 3.44. The molecule has 10 nitrogen and oxygen atoms in total. The van der Waals surface area contributed by atoms with Crippen LogP contribution in [0.15, 0.2) is 72.9 Å². The zero-order valence-corrected chi connectivity index (χ0v) is 23.5. The van der Waals surface area contributed by atoms with Crippen molar-refractivity contribution in [3.8, 4) is 23.3 Å². The van der Waals surface area contributed by atoms with E-state index in [1.807, 2.05) is 30.3 Å². The Morgan fingerprint density at radius 1 is 0.932 bits per heavy atom. The van der Waals surface area contributed by atoms with Crippen molar-refractivity contribution in [1.29, 1.82) is 0 Å². The summed E-state index contributed by atoms with van der Waals surface area (Å²) in [6.45, 7) is 3.58. The van der Waals surface area contributed by atoms with Crippen LogP contribution >= 0.6 is 0 Å². The van der Waals surface area contributed by atoms with Crippen LogP contribution in [0.25, 0.3) is 0 Å². The maximum Gasteiger partial charge on any atom is 0.573 e. The maximum atomic E-state index is 12.3. The second-order valence-corrected chi connectivity index (χ2v) is 10.7. The normalized spacial score (nSPS) is 16.4. The number of nitro groups is 1. The van der Waals surface area contributed by atoms with E-state index in [0.29, 0.717) is 25.3 Å². The van der Waals surface area contributed by atoms with E-state index in [1.54, 1.807) is 4.57 Å². The summed E-state index contributed by atoms with van der Waals surface area (Å²) in [5, 5.41) is 11.0. The number of hydrogen-bond donors (Lipinski definition) is 0. The second kappa shape index (κ2) is 12.4. The zero-order valence-electron chi connectivity index (χ0n) is 23.5. The van der Waals surface area contributed by atoms with E-state index in [0.717, 1.165) is 42.9 Å². The van der Waals surface area contributed by atoms with E-state index < -0.39 is 11.3 Å². The molecule has 0 fully saturated rings. The molecule has 0 amide bonds. The van der Waals surface area contributed by atoms with E-state index in [4.69, 9.17) is 14.2 Å². The molecule has 3 heterocycles. The molecule has 0 saturated heterocycles. The predicted molar refractivity (Wildman–Crippen MR) is 152 cm³/mol. The van der Waals surface area contributed by atoms with Gasteiger partial charge in [-0.15, -0.1) is 13.2 Å². The Bertz CT molecular complexity index is 1610. The van der Waals surface area contributed by atoms with E-state index in [-0.39, 0.29) is 30.3 Å². The molecule has 230 valence electrons. The first-order valence-corrected chi connectivity index (χ1v) is 14.1. The monoisotopic (exact) mass is 610 g/mol. The lowest BCUT2D eigenvalue weighted by Crippen LogP contribution is -2.31. The quantitative estimate of drug-likeness (QED) is 0.158. The summed E-state index contributed by atoms with van der Waals surface area (Å²) in [5.41, 5.74) is 4.35. The molecule has 2 aliphatic rings. The van der Waals surface area contributed by atoms with Crippen molar-refractivity contribution in [3.05, 3.63) is 105 Å². The highest BCUT2D eigenvalue weighted by molar-refractivity contribution is 5.37. The van der Waals surface area contributed by atoms with Crippen molar-refractivity contribution >= 4 is 5.82 Å². The summed E-state index contributed by atoms with van der Waals surface area (Å²) in [7, 11) is 0. The number of halogens is 3. The molecule has 0 aliphatic carbocycles. The Morgan fingerprint density at radius 3 is 2.41 bits per heavy atom. The van der Waals surface area contributed by atoms with Gasteiger partial charge in [-0.25, -0.2) is 0 Å². The number of rotatable bonds is 10. The molecule has 0 saturated carbocycles. The fraction of sp³-hybridized carbons (Fsp3) is 0.323. The number of ether oxygens (including phenoxy) is 4. The molecule has 3 aromatic carbocycles. The number of aromatic nitrogens is 2. The van der Waals surface area contributed by atoms with Gasteiger partial charge in [0, 0.05) is 37.6 Å². The van der Waals surface area contributed by atoms with Crippen LogP contribution in [0.2, 0.25) is 0 Å². The van der Waals surface area contributed by atoms with Gasteiger partial charge < -0.3 is 29.1 Å². The van der Waals surface area contributed by atoms with Crippen molar-refractivity contribution in [3.63, 3.8) is 0 Å². The van der Waals surface area contributed by atoms with Gasteiger partial charge in [0.05, 0.1) is 0 Å². The number of imidazole rings is 1. The molecule has 0 bridgehead atoms. The van der Waals surface area contributed by atoms with Crippen molar-refractivity contribution in [2.45, 2.75) is 51.5 Å². The first kappa shape index (κ1) is 29.3. The third kappa shape index (κ3) is 7.40. The Balaban J connectivity index is 0.978. The summed E-state index contributed by atoms with van der Waals surface area (Å²) < 4.78 is 60.2. The lowest BCUT2D eigenvalue weighted by molar-refractivity contribution is -0.389. The number of hydrogen-bond acceptors (Lipinski definition) is 8. The number of nitrogens with zero attached hydrogens (tertiary/aromatic N) is 4. The molecule has 1 atom stereocenters. The molecular formula is C31H29F3N4O6. The highest BCUT2D eigenvalue weighted by Gasteiger charge is 2.31. The molecule has 1 aromatic heterocycles. The molecule has 4 aromatic rings. The second-order valence-electron chi connectivity index (χ2n) is 10.7. The molecule has 13 heteroatoms. The molecule has 44 heavy (non-hydrogen) atoms. The Kier molecular flexibility index (Phi) is 8.29. The maximum absolute atomic E-state index is 12.3. The van der Waals surface area contributed by atoms with Crippen LogP contribution in [-0.2, 0) is 32.7 Å². The predicted octanol–water partition coefficient (Wildman–Crippen LogP) is 6.06. The number of alkyl halides is 3. The van der Waals surface area contributed by atoms with Gasteiger partial charge in [0.25, 0.3) is 0 Å². The van der Waals surface area contributed by atoms with E-state index in [2.05, 4.69) is 26.8 Å². The highest BCUT2D eigenvalue weighted by Crippen LogP contribution is 2.28. The Hall–Kier alpha value is -4.78. The van der Waals surface area contributed by atoms with Crippen LogP contribution in [0.3, 0.4) is 0 Å². The zero-order chi connectivity index (χ0) is 30.7. The summed E-state index contributed by atoms with van der Waals surface area (Å²) in [5.74, 6) is 0.919. The topological polar surface area (TPSA) is 101 Å². The Morgan fingerprint density at radius 2 is 1.66 bits per heavy atom. The van der Waals surface area contributed by atoms with Gasteiger partial charge in [0.2, 0.25) is 0 Å². The van der Waals surface area contributed by atoms with Crippen LogP contribution in [0.5, 0.6) is 23.3 Å². The average molecular weight is 611 g/mol. The summed E-state index contributed by atoms with van der Waals surface area (Å²) in [6, 6.07) is 19.8. The standard InChI is InChI=1S/C31H29F3N4O6/c32-31(33,34)44-26-8-3-22(4-9-26)19-41-25-6-1-21(2-7-25)16-36-13-11-23-5-10-27(15-24(23)17-36)42-20-28-12-14-37-18-29(38(39)40)35-30(37)43-28/h1-10,15,18,28H,11-14,16-17,19-20H2/t28-/m0/s1. The van der Waals surface area contributed by atoms with Gasteiger partial charge in [0.15, 0.2) is 0 Å². The lowest BCUT2D eigenvalue weighted by Gasteiger charge is -2.29. The van der Waals surface area contributed by atoms with Gasteiger partial charge in [-0.05, 0) is 70.0 Å². The molecule has 6 rings (SSSR count). The van der Waals surface area contributed by atoms with Crippen molar-refractivity contribution in [2.75, 3.05) is 13.2 Å². The molecule has 0 N–H and O–H groups in total. The molecular weight excluding hydrogens is 581 g/mol. The lowest BCUT2D eigenvalue weighted by atomic mass is 9.99. The largest absolute Gasteiger partial charge is 0.573 e. The van der Waals surface area contributed by atoms with Crippen LogP contribution in [-0.4, -0.2) is 45.0 Å². The molecule has 0 radical (unpaired) electrons. The van der Waals surface area contributed by atoms with Crippen LogP contribution in [0.1, 0.15) is 28.7 Å². The fourth-order valence-electron chi connectivity index (χ4n) is 5.25. The first-order chi connectivity index (χ1) is 21.2. The summed E-state index contributed by atoms with van der Waals surface area (Å²) in [6.07, 6.45) is -1.99. The van der Waals surface area contributed by atoms with Crippen LogP contribution in [0.4, 0.5) is 19.0 Å². The number of fused-ring (bicyclic) bond motifs is 2. The minimum absolute atomic E-state index is 0.221. The van der Waals surface area contributed by atoms with Crippen molar-refractivity contribution in [1.82, 2.24) is 14.5 Å². The van der Waals surface area contributed by atoms with Gasteiger partial charge in [-0.1, -0.05) is 30.3 Å². The SMILES string of the molecule is O=[N+]([O-])c1cn2c(n1)O[C@H](COc1ccc3c(c1)CN(Cc1ccc(OCc4ccc(OC(F)(F)F)cc4)cc1)CC3)CC2. The number of aryl methyl sites for hydroxylation is 1. The van der Waals surface area contributed by atoms with Crippen LogP contribution in [0, 0.1) is 10.1 Å². The fourth-order valence-corrected chi connectivity index (χ4v) is 5.25. The first-order valence-electron chi connectivity index (χ1n) is 14.1. The minimum atomic E-state index is -4.72. The third-order valence-corrected chi connectivity index (χ3v) is 7.48. The van der Waals surface area contributed by atoms with Gasteiger partial charge in [0.1, 0.15) is 42.8 Å². The van der Waals surface area contributed by atoms with Crippen LogP contribution < -0.4 is 18.9 Å². The van der Waals surface area contributed by atoms with Crippen molar-refractivity contribution < 1.29 is 37.0 Å². The molecule has 0 unspecified atom stereocenters. The molecule has 0 spiro atoms.